The number of furan rings is 1. The van der Waals surface area contributed by atoms with Gasteiger partial charge >= 0.3 is 0 Å². The second-order valence-electron chi connectivity index (χ2n) is 13.5. The van der Waals surface area contributed by atoms with Gasteiger partial charge in [0.05, 0.1) is 0 Å². The van der Waals surface area contributed by atoms with E-state index in [1.165, 1.54) is 92.6 Å². The molecule has 1 aromatic heterocycles. The maximum Gasteiger partial charge on any atom is 0.136 e. The van der Waals surface area contributed by atoms with E-state index < -0.39 is 0 Å². The molecule has 0 saturated carbocycles. The minimum atomic E-state index is 0.912. The van der Waals surface area contributed by atoms with Crippen LogP contribution in [0.1, 0.15) is 0 Å². The molecule has 0 fully saturated rings. The molecule has 11 rings (SSSR count). The van der Waals surface area contributed by atoms with Crippen molar-refractivity contribution in [2.24, 2.45) is 0 Å². The van der Waals surface area contributed by atoms with Gasteiger partial charge in [0.15, 0.2) is 0 Å². The summed E-state index contributed by atoms with van der Waals surface area (Å²) >= 11 is 0. The molecule has 0 aliphatic heterocycles. The third kappa shape index (κ3) is 4.16. The zero-order valence-electron chi connectivity index (χ0n) is 27.7. The van der Waals surface area contributed by atoms with Gasteiger partial charge in [0.25, 0.3) is 0 Å². The third-order valence-electron chi connectivity index (χ3n) is 10.9. The number of hydrogen-bond acceptors (Lipinski definition) is 1. The molecule has 236 valence electrons. The van der Waals surface area contributed by atoms with E-state index in [9.17, 15) is 0 Å². The summed E-state index contributed by atoms with van der Waals surface area (Å²) in [6, 6.07) is 66.4. The van der Waals surface area contributed by atoms with Crippen molar-refractivity contribution < 1.29 is 4.42 Å². The van der Waals surface area contributed by atoms with Gasteiger partial charge in [-0.05, 0) is 105 Å². The zero-order valence-corrected chi connectivity index (χ0v) is 27.7. The normalized spacial score (nSPS) is 11.9. The molecule has 0 N–H and O–H groups in total. The fourth-order valence-electron chi connectivity index (χ4n) is 8.65. The summed E-state index contributed by atoms with van der Waals surface area (Å²) in [6.45, 7) is 0. The number of fused-ring (bicyclic) bond motifs is 9. The maximum absolute atomic E-state index is 6.36. The van der Waals surface area contributed by atoms with E-state index in [0.717, 1.165) is 16.6 Å². The van der Waals surface area contributed by atoms with Crippen LogP contribution in [0.25, 0.3) is 109 Å². The molecule has 1 heterocycles. The number of hydrogen-bond donors (Lipinski definition) is 0. The molecule has 51 heavy (non-hydrogen) atoms. The molecule has 11 aromatic rings. The minimum absolute atomic E-state index is 0.912. The molecule has 0 aliphatic carbocycles. The second-order valence-corrected chi connectivity index (χ2v) is 13.5. The molecule has 0 spiro atoms. The van der Waals surface area contributed by atoms with Crippen LogP contribution in [-0.2, 0) is 0 Å². The quantitative estimate of drug-likeness (QED) is 0.174. The van der Waals surface area contributed by atoms with Crippen molar-refractivity contribution in [2.75, 3.05) is 0 Å². The summed E-state index contributed by atoms with van der Waals surface area (Å²) in [4.78, 5) is 0. The highest BCUT2D eigenvalue weighted by Gasteiger charge is 2.20. The van der Waals surface area contributed by atoms with Crippen molar-refractivity contribution in [3.8, 4) is 33.4 Å². The summed E-state index contributed by atoms with van der Waals surface area (Å²) < 4.78 is 6.36. The standard InChI is InChI=1S/C50H30O/c1-3-15-34-31(12-1)14-9-24-39(34)48-41-17-5-7-19-43(41)49(44-20-8-6-18-42(44)48)40-25-11-22-37-35(21-10-23-38(37)40)33-27-28-46-45(30-33)50-36-16-4-2-13-32(36)26-29-47(50)51-46/h1-30H. The summed E-state index contributed by atoms with van der Waals surface area (Å²) in [6.07, 6.45) is 0. The molecule has 1 heteroatoms. The Kier molecular flexibility index (Phi) is 6.02. The predicted molar refractivity (Wildman–Crippen MR) is 218 cm³/mol. The molecule has 0 unspecified atom stereocenters. The van der Waals surface area contributed by atoms with Crippen LogP contribution in [-0.4, -0.2) is 0 Å². The van der Waals surface area contributed by atoms with Crippen LogP contribution in [0.4, 0.5) is 0 Å². The Morgan fingerprint density at radius 3 is 1.39 bits per heavy atom. The van der Waals surface area contributed by atoms with Crippen molar-refractivity contribution in [1.82, 2.24) is 0 Å². The molecule has 0 amide bonds. The number of benzene rings is 10. The summed E-state index contributed by atoms with van der Waals surface area (Å²) in [7, 11) is 0. The van der Waals surface area contributed by atoms with Crippen LogP contribution in [0.15, 0.2) is 186 Å². The average Bonchev–Trinajstić information content (AvgIpc) is 3.58. The highest BCUT2D eigenvalue weighted by atomic mass is 16.3. The fraction of sp³-hybridized carbons (Fsp3) is 0. The predicted octanol–water partition coefficient (Wildman–Crippen LogP) is 14.4. The number of rotatable bonds is 3. The molecule has 10 aromatic carbocycles. The lowest BCUT2D eigenvalue weighted by Crippen LogP contribution is -1.92. The minimum Gasteiger partial charge on any atom is -0.456 e. The van der Waals surface area contributed by atoms with E-state index >= 15 is 0 Å². The van der Waals surface area contributed by atoms with Crippen LogP contribution in [0.5, 0.6) is 0 Å². The lowest BCUT2D eigenvalue weighted by molar-refractivity contribution is 0.669. The summed E-state index contributed by atoms with van der Waals surface area (Å²) in [5.74, 6) is 0. The monoisotopic (exact) mass is 646 g/mol. The molecule has 0 atom stereocenters. The van der Waals surface area contributed by atoms with Crippen LogP contribution >= 0.6 is 0 Å². The van der Waals surface area contributed by atoms with Crippen LogP contribution in [0.3, 0.4) is 0 Å². The second kappa shape index (κ2) is 10.9. The molecular weight excluding hydrogens is 617 g/mol. The molecule has 0 saturated heterocycles. The highest BCUT2D eigenvalue weighted by Crippen LogP contribution is 2.47. The lowest BCUT2D eigenvalue weighted by atomic mass is 9.83. The molecule has 1 nitrogen and oxygen atoms in total. The lowest BCUT2D eigenvalue weighted by Gasteiger charge is -2.20. The van der Waals surface area contributed by atoms with Crippen molar-refractivity contribution in [2.45, 2.75) is 0 Å². The molecule has 0 bridgehead atoms. The third-order valence-corrected chi connectivity index (χ3v) is 10.9. The average molecular weight is 647 g/mol. The van der Waals surface area contributed by atoms with Crippen LogP contribution in [0, 0.1) is 0 Å². The van der Waals surface area contributed by atoms with E-state index in [2.05, 4.69) is 182 Å². The van der Waals surface area contributed by atoms with E-state index in [4.69, 9.17) is 4.42 Å². The summed E-state index contributed by atoms with van der Waals surface area (Å²) in [5, 5.41) is 14.8. The van der Waals surface area contributed by atoms with Crippen LogP contribution < -0.4 is 0 Å². The van der Waals surface area contributed by atoms with E-state index in [1.807, 2.05) is 0 Å². The zero-order chi connectivity index (χ0) is 33.5. The van der Waals surface area contributed by atoms with Gasteiger partial charge in [-0.2, -0.15) is 0 Å². The Bertz CT molecular complexity index is 3130. The van der Waals surface area contributed by atoms with Crippen molar-refractivity contribution in [3.05, 3.63) is 182 Å². The first-order chi connectivity index (χ1) is 25.3. The van der Waals surface area contributed by atoms with Gasteiger partial charge in [-0.3, -0.25) is 0 Å². The van der Waals surface area contributed by atoms with Crippen molar-refractivity contribution >= 4 is 75.8 Å². The van der Waals surface area contributed by atoms with Gasteiger partial charge in [-0.1, -0.05) is 164 Å². The first-order valence-electron chi connectivity index (χ1n) is 17.6. The Morgan fingerprint density at radius 1 is 0.275 bits per heavy atom. The topological polar surface area (TPSA) is 13.1 Å². The van der Waals surface area contributed by atoms with Crippen LogP contribution in [0.2, 0.25) is 0 Å². The first-order valence-corrected chi connectivity index (χ1v) is 17.6. The van der Waals surface area contributed by atoms with Gasteiger partial charge in [0.2, 0.25) is 0 Å². The Labute approximate surface area is 294 Å². The van der Waals surface area contributed by atoms with Gasteiger partial charge in [0, 0.05) is 10.8 Å². The Hall–Kier alpha value is -6.70. The van der Waals surface area contributed by atoms with Gasteiger partial charge in [-0.25, -0.2) is 0 Å². The van der Waals surface area contributed by atoms with Gasteiger partial charge in [0.1, 0.15) is 11.2 Å². The first kappa shape index (κ1) is 28.2. The van der Waals surface area contributed by atoms with E-state index in [-0.39, 0.29) is 0 Å². The van der Waals surface area contributed by atoms with E-state index in [1.54, 1.807) is 0 Å². The maximum atomic E-state index is 6.36. The van der Waals surface area contributed by atoms with Crippen molar-refractivity contribution in [3.63, 3.8) is 0 Å². The van der Waals surface area contributed by atoms with Crippen molar-refractivity contribution in [1.29, 1.82) is 0 Å². The smallest absolute Gasteiger partial charge is 0.136 e. The highest BCUT2D eigenvalue weighted by molar-refractivity contribution is 6.26. The molecule has 0 aliphatic rings. The summed E-state index contributed by atoms with van der Waals surface area (Å²) in [5.41, 5.74) is 9.30. The van der Waals surface area contributed by atoms with Gasteiger partial charge in [-0.15, -0.1) is 0 Å². The van der Waals surface area contributed by atoms with Gasteiger partial charge < -0.3 is 4.42 Å². The van der Waals surface area contributed by atoms with E-state index in [0.29, 0.717) is 0 Å². The Morgan fingerprint density at radius 2 is 0.725 bits per heavy atom. The SMILES string of the molecule is c1ccc2c(-c3c4ccccc4c(-c4cccc5c(-c6ccc7oc8ccc9ccccc9c8c7c6)cccc45)c4ccccc34)cccc2c1. The molecule has 0 radical (unpaired) electrons. The fourth-order valence-corrected chi connectivity index (χ4v) is 8.65. The Balaban J connectivity index is 1.18. The molecular formula is C50H30O. The largest absolute Gasteiger partial charge is 0.456 e.